The molecule has 48 heavy (non-hydrogen) atoms. The molecular weight excluding hydrogens is 841 g/mol. The van der Waals surface area contributed by atoms with Crippen LogP contribution in [0.15, 0.2) is 91.3 Å². The van der Waals surface area contributed by atoms with Crippen LogP contribution in [0.1, 0.15) is 59.1 Å². The molecule has 11 heteroatoms. The summed E-state index contributed by atoms with van der Waals surface area (Å²) in [5.74, 6) is 0. The van der Waals surface area contributed by atoms with Crippen LogP contribution < -0.4 is 15.1 Å². The van der Waals surface area contributed by atoms with Gasteiger partial charge in [-0.05, 0) is 108 Å². The number of halogens is 6. The van der Waals surface area contributed by atoms with Crippen molar-refractivity contribution in [3.8, 4) is 0 Å². The summed E-state index contributed by atoms with van der Waals surface area (Å²) < 4.78 is 59.2. The van der Waals surface area contributed by atoms with E-state index in [2.05, 4.69) is 163 Å². The van der Waals surface area contributed by atoms with Gasteiger partial charge in [-0.25, -0.2) is 0 Å². The molecule has 3 aromatic carbocycles. The molecule has 2 nitrogen and oxygen atoms in total. The molecule has 267 valence electrons. The van der Waals surface area contributed by atoms with Gasteiger partial charge < -0.3 is 9.80 Å². The van der Waals surface area contributed by atoms with Gasteiger partial charge in [-0.3, -0.25) is 0 Å². The maximum atomic E-state index is 9.87. The Morgan fingerprint density at radius 1 is 0.562 bits per heavy atom. The van der Waals surface area contributed by atoms with Crippen LogP contribution in [0.5, 0.6) is 0 Å². The molecule has 3 radical (unpaired) electrons. The fraction of sp³-hybridized carbons (Fsp3) is 0.324. The Morgan fingerprint density at radius 2 is 0.854 bits per heavy atom. The van der Waals surface area contributed by atoms with E-state index in [4.69, 9.17) is 0 Å². The van der Waals surface area contributed by atoms with Crippen molar-refractivity contribution in [3.05, 3.63) is 131 Å². The summed E-state index contributed by atoms with van der Waals surface area (Å²) in [5.41, 5.74) is 10.1. The number of nitrogens with zero attached hydrogens (tertiary/aromatic N) is 2. The first kappa shape index (κ1) is 43.6. The molecule has 1 aliphatic heterocycles. The first-order valence-electron chi connectivity index (χ1n) is 15.4. The average Bonchev–Trinajstić information content (AvgIpc) is 3.35. The summed E-state index contributed by atoms with van der Waals surface area (Å²) in [7, 11) is -10.6. The van der Waals surface area contributed by atoms with Gasteiger partial charge >= 0.3 is 33.0 Å². The zero-order valence-electron chi connectivity index (χ0n) is 28.9. The van der Waals surface area contributed by atoms with Gasteiger partial charge in [0.15, 0.2) is 0 Å². The van der Waals surface area contributed by atoms with Gasteiger partial charge in [0, 0.05) is 43.9 Å². The van der Waals surface area contributed by atoms with Gasteiger partial charge in [0.1, 0.15) is 0 Å². The molecule has 0 spiro atoms. The summed E-state index contributed by atoms with van der Waals surface area (Å²) in [4.78, 5) is 4.20. The maximum Gasteiger partial charge on any atom is 0 e. The number of rotatable bonds is 3. The molecule has 1 heterocycles. The smallest absolute Gasteiger partial charge is 0 e. The second-order valence-electron chi connectivity index (χ2n) is 11.9. The molecule has 2 aliphatic rings. The van der Waals surface area contributed by atoms with Crippen molar-refractivity contribution in [1.82, 2.24) is 0 Å². The van der Waals surface area contributed by atoms with Gasteiger partial charge in [-0.15, -0.1) is 0 Å². The van der Waals surface area contributed by atoms with Crippen molar-refractivity contribution in [2.75, 3.05) is 23.1 Å². The Bertz CT molecular complexity index is 1410. The Labute approximate surface area is 298 Å². The van der Waals surface area contributed by atoms with Crippen molar-refractivity contribution in [1.29, 1.82) is 0 Å². The summed E-state index contributed by atoms with van der Waals surface area (Å²) in [5, 5.41) is 1.48. The molecule has 0 bridgehead atoms. The summed E-state index contributed by atoms with van der Waals surface area (Å²) in [6.07, 6.45) is 18.2. The number of hydrogen-bond acceptors (Lipinski definition) is 2. The topological polar surface area (TPSA) is 6.48 Å². The van der Waals surface area contributed by atoms with Crippen molar-refractivity contribution in [3.63, 3.8) is 0 Å². The Kier molecular flexibility index (Phi) is 16.3. The van der Waals surface area contributed by atoms with E-state index in [1.165, 1.54) is 75.7 Å². The van der Waals surface area contributed by atoms with Crippen LogP contribution in [0.25, 0.3) is 0 Å². The van der Waals surface area contributed by atoms with Crippen LogP contribution in [-0.2, 0) is 20.1 Å². The Morgan fingerprint density at radius 3 is 1.10 bits per heavy atom. The zero-order chi connectivity index (χ0) is 35.5. The SMILES string of the molecule is C1=CCCC=CCC1.CP(C)c1ccccc1.Cc1cc(C)c(N2[C]N(c3c(C)cc(C)cc3C)C=C2)c(C)c1.F[P-](F)(F)(F)(F)F.[Ir]. The standard InChI is InChI=1S/C21H24N2.C8H11P.C8H12.F6P.Ir/c1-14-9-16(3)20(17(4)10-14)22-7-8-23(13-22)21-18(5)11-15(2)12-19(21)6;1-9(2)8-6-4-3-5-7-8;1-2-4-6-8-7-5-3-1;1-7(2,3,4,5)6;/h7-12H,1-6H3;3-7H,1-2H3;1-2,7-8H,3-6H2;;/q;;;-1;. The van der Waals surface area contributed by atoms with Crippen molar-refractivity contribution in [2.24, 2.45) is 0 Å². The van der Waals surface area contributed by atoms with E-state index in [1.807, 2.05) is 0 Å². The average molecular weight is 888 g/mol. The minimum absolute atomic E-state index is 0. The second-order valence-corrected chi connectivity index (χ2v) is 16.1. The first-order valence-corrected chi connectivity index (χ1v) is 19.7. The largest absolute Gasteiger partial charge is 0 e. The molecule has 0 unspecified atom stereocenters. The van der Waals surface area contributed by atoms with E-state index < -0.39 is 7.81 Å². The Hall–Kier alpha value is -2.43. The van der Waals surface area contributed by atoms with Crippen molar-refractivity contribution < 1.29 is 45.3 Å². The van der Waals surface area contributed by atoms with Crippen LogP contribution in [-0.4, -0.2) is 13.3 Å². The zero-order valence-corrected chi connectivity index (χ0v) is 33.1. The third-order valence-corrected chi connectivity index (χ3v) is 8.27. The van der Waals surface area contributed by atoms with Gasteiger partial charge in [0.2, 0.25) is 6.67 Å². The quantitative estimate of drug-likeness (QED) is 0.147. The monoisotopic (exact) mass is 888 g/mol. The molecule has 0 fully saturated rings. The third kappa shape index (κ3) is 17.8. The fourth-order valence-corrected chi connectivity index (χ4v) is 6.02. The predicted molar refractivity (Wildman–Crippen MR) is 194 cm³/mol. The molecule has 5 rings (SSSR count). The van der Waals surface area contributed by atoms with Crippen LogP contribution in [0.2, 0.25) is 0 Å². The van der Waals surface area contributed by atoms with Gasteiger partial charge in [-0.2, -0.15) is 0 Å². The molecule has 0 amide bonds. The number of allylic oxidation sites excluding steroid dienone is 4. The van der Waals surface area contributed by atoms with Gasteiger partial charge in [0.25, 0.3) is 0 Å². The van der Waals surface area contributed by atoms with Gasteiger partial charge in [-0.1, -0.05) is 97.9 Å². The van der Waals surface area contributed by atoms with E-state index in [9.17, 15) is 25.2 Å². The van der Waals surface area contributed by atoms with Crippen LogP contribution in [0.4, 0.5) is 36.6 Å². The molecule has 0 atom stereocenters. The molecule has 3 aromatic rings. The van der Waals surface area contributed by atoms with Crippen molar-refractivity contribution in [2.45, 2.75) is 67.2 Å². The van der Waals surface area contributed by atoms with Crippen LogP contribution >= 0.6 is 15.7 Å². The summed E-state index contributed by atoms with van der Waals surface area (Å²) in [6.45, 7) is 21.0. The number of benzene rings is 3. The van der Waals surface area contributed by atoms with E-state index in [0.29, 0.717) is 0 Å². The van der Waals surface area contributed by atoms with Gasteiger partial charge in [0.05, 0.1) is 0 Å². The molecule has 1 aliphatic carbocycles. The minimum Gasteiger partial charge on any atom is 0 e. The van der Waals surface area contributed by atoms with E-state index in [-0.39, 0.29) is 28.0 Å². The minimum atomic E-state index is -10.7. The van der Waals surface area contributed by atoms with Crippen LogP contribution in [0.3, 0.4) is 0 Å². The van der Waals surface area contributed by atoms with E-state index >= 15 is 0 Å². The van der Waals surface area contributed by atoms with Crippen molar-refractivity contribution >= 4 is 32.4 Å². The van der Waals surface area contributed by atoms with Crippen LogP contribution in [0, 0.1) is 48.2 Å². The van der Waals surface area contributed by atoms with E-state index in [1.54, 1.807) is 0 Å². The third-order valence-electron chi connectivity index (χ3n) is 6.94. The molecule has 0 saturated carbocycles. The molecular formula is C37H47F6IrN2P2-. The summed E-state index contributed by atoms with van der Waals surface area (Å²) >= 11 is 0. The maximum absolute atomic E-state index is 10.7. The molecule has 0 aromatic heterocycles. The molecule has 0 N–H and O–H groups in total. The molecule has 0 saturated heterocycles. The normalized spacial score (nSPS) is 15.3. The number of hydrogen-bond donors (Lipinski definition) is 0. The predicted octanol–water partition coefficient (Wildman–Crippen LogP) is 13.4. The fourth-order valence-electron chi connectivity index (χ4n) is 5.25. The number of aryl methyl sites for hydroxylation is 6. The number of anilines is 2. The Balaban J connectivity index is 0.000000379. The first-order chi connectivity index (χ1) is 21.6. The second kappa shape index (κ2) is 18.0. The summed E-state index contributed by atoms with van der Waals surface area (Å²) in [6, 6.07) is 19.5. The van der Waals surface area contributed by atoms with E-state index in [0.717, 1.165) is 0 Å².